The minimum Gasteiger partial charge on any atom is -0.396 e. The Morgan fingerprint density at radius 3 is 2.81 bits per heavy atom. The van der Waals surface area contributed by atoms with Gasteiger partial charge in [0.1, 0.15) is 5.82 Å². The number of nitrogens with zero attached hydrogens (tertiary/aromatic N) is 1. The van der Waals surface area contributed by atoms with Crippen LogP contribution in [0.2, 0.25) is 0 Å². The molecule has 118 valence electrons. The lowest BCUT2D eigenvalue weighted by Gasteiger charge is -2.26. The number of thioether (sulfide) groups is 1. The molecule has 0 saturated heterocycles. The number of pyridine rings is 1. The summed E-state index contributed by atoms with van der Waals surface area (Å²) in [5.41, 5.74) is 1.22. The van der Waals surface area contributed by atoms with Crippen LogP contribution in [0.15, 0.2) is 18.3 Å². The number of aliphatic hydroxyl groups excluding tert-OH is 1. The Balaban J connectivity index is 2.54. The molecule has 21 heavy (non-hydrogen) atoms. The van der Waals surface area contributed by atoms with Gasteiger partial charge in [-0.05, 0) is 29.0 Å². The smallest absolute Gasteiger partial charge is 0.225 e. The third-order valence-electron chi connectivity index (χ3n) is 3.57. The molecule has 0 radical (unpaired) electrons. The third-order valence-corrected chi connectivity index (χ3v) is 4.57. The van der Waals surface area contributed by atoms with Crippen molar-refractivity contribution >= 4 is 23.5 Å². The van der Waals surface area contributed by atoms with E-state index in [4.69, 9.17) is 5.11 Å². The van der Waals surface area contributed by atoms with Gasteiger partial charge in [0.05, 0.1) is 6.61 Å². The van der Waals surface area contributed by atoms with Crippen molar-refractivity contribution in [3.8, 4) is 0 Å². The summed E-state index contributed by atoms with van der Waals surface area (Å²) in [7, 11) is 0. The zero-order valence-electron chi connectivity index (χ0n) is 13.3. The highest BCUT2D eigenvalue weighted by molar-refractivity contribution is 7.98. The van der Waals surface area contributed by atoms with Crippen LogP contribution in [0.5, 0.6) is 0 Å². The Kier molecular flexibility index (Phi) is 7.18. The summed E-state index contributed by atoms with van der Waals surface area (Å²) in [6, 6.07) is 3.82. The molecule has 1 rings (SSSR count). The number of carbonyl (C=O) groups excluding carboxylic acids is 1. The number of anilines is 1. The van der Waals surface area contributed by atoms with Gasteiger partial charge in [0.25, 0.3) is 0 Å². The van der Waals surface area contributed by atoms with E-state index < -0.39 is 0 Å². The van der Waals surface area contributed by atoms with Crippen LogP contribution in [0, 0.1) is 11.3 Å². The minimum atomic E-state index is 0.00471. The first-order valence-corrected chi connectivity index (χ1v) is 8.41. The van der Waals surface area contributed by atoms with Crippen LogP contribution >= 0.6 is 11.8 Å². The molecule has 0 aliphatic rings. The molecule has 1 unspecified atom stereocenters. The van der Waals surface area contributed by atoms with Gasteiger partial charge in [-0.1, -0.05) is 27.7 Å². The minimum absolute atomic E-state index is 0.00471. The van der Waals surface area contributed by atoms with Gasteiger partial charge in [-0.25, -0.2) is 4.98 Å². The monoisotopic (exact) mass is 310 g/mol. The zero-order valence-corrected chi connectivity index (χ0v) is 14.2. The number of amides is 1. The van der Waals surface area contributed by atoms with E-state index in [0.717, 1.165) is 11.3 Å². The van der Waals surface area contributed by atoms with Gasteiger partial charge in [-0.2, -0.15) is 11.8 Å². The van der Waals surface area contributed by atoms with Crippen LogP contribution in [0.25, 0.3) is 0 Å². The van der Waals surface area contributed by atoms with Gasteiger partial charge in [0, 0.05) is 24.1 Å². The van der Waals surface area contributed by atoms with E-state index in [9.17, 15) is 4.79 Å². The largest absolute Gasteiger partial charge is 0.396 e. The van der Waals surface area contributed by atoms with E-state index in [1.807, 2.05) is 12.1 Å². The molecule has 0 aliphatic heterocycles. The number of rotatable bonds is 7. The molecule has 4 nitrogen and oxygen atoms in total. The molecular weight excluding hydrogens is 284 g/mol. The van der Waals surface area contributed by atoms with Crippen LogP contribution < -0.4 is 5.32 Å². The average molecular weight is 310 g/mol. The van der Waals surface area contributed by atoms with Crippen molar-refractivity contribution in [2.75, 3.05) is 17.7 Å². The van der Waals surface area contributed by atoms with E-state index in [1.165, 1.54) is 0 Å². The third kappa shape index (κ3) is 6.96. The molecule has 5 heteroatoms. The molecule has 0 bridgehead atoms. The van der Waals surface area contributed by atoms with Gasteiger partial charge < -0.3 is 10.4 Å². The number of aliphatic hydroxyl groups is 1. The predicted molar refractivity (Wildman–Crippen MR) is 89.4 cm³/mol. The van der Waals surface area contributed by atoms with Crippen molar-refractivity contribution in [1.82, 2.24) is 4.98 Å². The summed E-state index contributed by atoms with van der Waals surface area (Å²) >= 11 is 1.66. The highest BCUT2D eigenvalue weighted by atomic mass is 32.2. The quantitative estimate of drug-likeness (QED) is 0.758. The normalized spacial score (nSPS) is 13.0. The van der Waals surface area contributed by atoms with Crippen molar-refractivity contribution in [3.63, 3.8) is 0 Å². The van der Waals surface area contributed by atoms with E-state index in [1.54, 1.807) is 18.0 Å². The molecule has 0 aromatic carbocycles. The van der Waals surface area contributed by atoms with Crippen molar-refractivity contribution in [2.24, 2.45) is 11.3 Å². The predicted octanol–water partition coefficient (Wildman–Crippen LogP) is 3.32. The fourth-order valence-corrected chi connectivity index (χ4v) is 2.35. The fourth-order valence-electron chi connectivity index (χ4n) is 1.67. The summed E-state index contributed by atoms with van der Waals surface area (Å²) < 4.78 is 0. The van der Waals surface area contributed by atoms with Crippen LogP contribution in [0.4, 0.5) is 5.82 Å². The Labute approximate surface area is 131 Å². The van der Waals surface area contributed by atoms with Crippen LogP contribution in [0.1, 0.15) is 39.7 Å². The zero-order chi connectivity index (χ0) is 15.9. The number of aromatic nitrogens is 1. The first-order chi connectivity index (χ1) is 9.82. The summed E-state index contributed by atoms with van der Waals surface area (Å²) in [6.07, 6.45) is 2.20. The molecule has 2 N–H and O–H groups in total. The molecule has 0 fully saturated rings. The lowest BCUT2D eigenvalue weighted by molar-refractivity contribution is -0.117. The van der Waals surface area contributed by atoms with Crippen molar-refractivity contribution in [1.29, 1.82) is 0 Å². The molecule has 0 aliphatic carbocycles. The van der Waals surface area contributed by atoms with E-state index in [0.29, 0.717) is 23.9 Å². The number of hydrogen-bond donors (Lipinski definition) is 2. The van der Waals surface area contributed by atoms with Crippen LogP contribution in [-0.4, -0.2) is 28.4 Å². The maximum absolute atomic E-state index is 12.1. The van der Waals surface area contributed by atoms with Crippen LogP contribution in [0.3, 0.4) is 0 Å². The Bertz CT molecular complexity index is 458. The van der Waals surface area contributed by atoms with Gasteiger partial charge >= 0.3 is 0 Å². The Hall–Kier alpha value is -1.07. The molecule has 1 aromatic rings. The SMILES string of the molecule is CC(CC(=O)Nc1cc(CSCCO)ccn1)C(C)(C)C. The Morgan fingerprint density at radius 2 is 2.19 bits per heavy atom. The topological polar surface area (TPSA) is 62.2 Å². The Morgan fingerprint density at radius 1 is 1.48 bits per heavy atom. The second-order valence-corrected chi connectivity index (χ2v) is 7.45. The van der Waals surface area contributed by atoms with Gasteiger partial charge in [0.15, 0.2) is 0 Å². The summed E-state index contributed by atoms with van der Waals surface area (Å²) in [5.74, 6) is 2.44. The molecular formula is C16H26N2O2S. The maximum atomic E-state index is 12.1. The van der Waals surface area contributed by atoms with Gasteiger partial charge in [0.2, 0.25) is 5.91 Å². The summed E-state index contributed by atoms with van der Waals surface area (Å²) in [5, 5.41) is 11.6. The number of nitrogens with one attached hydrogen (secondary N) is 1. The molecule has 0 spiro atoms. The van der Waals surface area contributed by atoms with Crippen molar-refractivity contribution in [3.05, 3.63) is 23.9 Å². The lowest BCUT2D eigenvalue weighted by atomic mass is 9.80. The first kappa shape index (κ1) is 18.0. The highest BCUT2D eigenvalue weighted by Crippen LogP contribution is 2.28. The first-order valence-electron chi connectivity index (χ1n) is 7.26. The van der Waals surface area contributed by atoms with E-state index in [-0.39, 0.29) is 17.9 Å². The summed E-state index contributed by atoms with van der Waals surface area (Å²) in [6.45, 7) is 8.70. The molecule has 1 aromatic heterocycles. The van der Waals surface area contributed by atoms with Gasteiger partial charge in [-0.3, -0.25) is 4.79 Å². The summed E-state index contributed by atoms with van der Waals surface area (Å²) in [4.78, 5) is 16.2. The fraction of sp³-hybridized carbons (Fsp3) is 0.625. The number of hydrogen-bond acceptors (Lipinski definition) is 4. The average Bonchev–Trinajstić information content (AvgIpc) is 2.38. The molecule has 1 amide bonds. The van der Waals surface area contributed by atoms with Crippen LogP contribution in [-0.2, 0) is 10.5 Å². The highest BCUT2D eigenvalue weighted by Gasteiger charge is 2.22. The second kappa shape index (κ2) is 8.39. The van der Waals surface area contributed by atoms with Gasteiger partial charge in [-0.15, -0.1) is 0 Å². The lowest BCUT2D eigenvalue weighted by Crippen LogP contribution is -2.24. The van der Waals surface area contributed by atoms with Crippen molar-refractivity contribution in [2.45, 2.75) is 39.9 Å². The van der Waals surface area contributed by atoms with Crippen molar-refractivity contribution < 1.29 is 9.90 Å². The number of carbonyl (C=O) groups is 1. The maximum Gasteiger partial charge on any atom is 0.225 e. The molecule has 0 saturated carbocycles. The molecule has 1 heterocycles. The second-order valence-electron chi connectivity index (χ2n) is 6.34. The standard InChI is InChI=1S/C16H26N2O2S/c1-12(16(2,3)4)9-15(20)18-14-10-13(5-6-17-14)11-21-8-7-19/h5-6,10,12,19H,7-9,11H2,1-4H3,(H,17,18,20). The van der Waals surface area contributed by atoms with E-state index in [2.05, 4.69) is 38.0 Å². The van der Waals surface area contributed by atoms with E-state index >= 15 is 0 Å². The molecule has 1 atom stereocenters.